The molecule has 9 heteroatoms. The van der Waals surface area contributed by atoms with E-state index in [2.05, 4.69) is 50.0 Å². The summed E-state index contributed by atoms with van der Waals surface area (Å²) in [6.45, 7) is 5.71. The summed E-state index contributed by atoms with van der Waals surface area (Å²) in [7, 11) is 1.77. The van der Waals surface area contributed by atoms with Gasteiger partial charge in [-0.15, -0.1) is 45.5 Å². The Morgan fingerprint density at radius 3 is 2.85 bits per heavy atom. The van der Waals surface area contributed by atoms with E-state index in [0.29, 0.717) is 12.5 Å². The summed E-state index contributed by atoms with van der Waals surface area (Å²) in [6.07, 6.45) is 2.74. The van der Waals surface area contributed by atoms with Crippen molar-refractivity contribution in [1.82, 2.24) is 30.2 Å². The van der Waals surface area contributed by atoms with Crippen LogP contribution in [0.1, 0.15) is 36.3 Å². The first-order valence-corrected chi connectivity index (χ1v) is 9.23. The minimum absolute atomic E-state index is 0. The monoisotopic (exact) mass is 485 g/mol. The van der Waals surface area contributed by atoms with Crippen molar-refractivity contribution >= 4 is 46.9 Å². The zero-order valence-corrected chi connectivity index (χ0v) is 18.3. The van der Waals surface area contributed by atoms with E-state index in [0.717, 1.165) is 41.1 Å². The highest BCUT2D eigenvalue weighted by atomic mass is 127. The molecule has 0 saturated heterocycles. The van der Waals surface area contributed by atoms with Crippen LogP contribution in [0.3, 0.4) is 0 Å². The number of hydrogen-bond acceptors (Lipinski definition) is 5. The number of pyridine rings is 1. The quantitative estimate of drug-likeness (QED) is 0.319. The summed E-state index contributed by atoms with van der Waals surface area (Å²) in [5, 5.41) is 18.2. The van der Waals surface area contributed by atoms with Crippen LogP contribution in [0.4, 0.5) is 0 Å². The zero-order valence-electron chi connectivity index (χ0n) is 15.1. The van der Waals surface area contributed by atoms with Crippen molar-refractivity contribution in [2.45, 2.75) is 32.7 Å². The minimum Gasteiger partial charge on any atom is -0.356 e. The molecule has 0 radical (unpaired) electrons. The number of thiazole rings is 1. The van der Waals surface area contributed by atoms with Crippen molar-refractivity contribution in [2.75, 3.05) is 13.6 Å². The molecule has 0 aromatic carbocycles. The Bertz CT molecular complexity index is 856. The first kappa shape index (κ1) is 20.6. The first-order chi connectivity index (χ1) is 12.2. The molecule has 0 atom stereocenters. The standard InChI is InChI=1S/C17H23N7S.HI/c1-12(2)13-11-25-16(21-13)10-20-17(18-3)19-8-7-15-23-22-14-6-4-5-9-24(14)15;/h4-6,9,11-12H,7-8,10H2,1-3H3,(H2,18,19,20);1H. The summed E-state index contributed by atoms with van der Waals surface area (Å²) in [6, 6.07) is 5.89. The molecule has 26 heavy (non-hydrogen) atoms. The first-order valence-electron chi connectivity index (χ1n) is 8.35. The fraction of sp³-hybridized carbons (Fsp3) is 0.412. The molecule has 3 rings (SSSR count). The highest BCUT2D eigenvalue weighted by Gasteiger charge is 2.07. The summed E-state index contributed by atoms with van der Waals surface area (Å²) in [4.78, 5) is 8.88. The second-order valence-corrected chi connectivity index (χ2v) is 6.91. The second kappa shape index (κ2) is 9.81. The van der Waals surface area contributed by atoms with Crippen molar-refractivity contribution in [3.8, 4) is 0 Å². The molecule has 140 valence electrons. The number of nitrogens with one attached hydrogen (secondary N) is 2. The zero-order chi connectivity index (χ0) is 17.6. The molecule has 0 unspecified atom stereocenters. The van der Waals surface area contributed by atoms with Crippen molar-refractivity contribution < 1.29 is 0 Å². The number of hydrogen-bond donors (Lipinski definition) is 2. The number of aliphatic imine (C=N–C) groups is 1. The van der Waals surface area contributed by atoms with Crippen LogP contribution < -0.4 is 10.6 Å². The summed E-state index contributed by atoms with van der Waals surface area (Å²) in [5.41, 5.74) is 2.01. The number of nitrogens with zero attached hydrogens (tertiary/aromatic N) is 5. The van der Waals surface area contributed by atoms with E-state index in [-0.39, 0.29) is 24.0 Å². The molecular formula is C17H24IN7S. The molecule has 0 bridgehead atoms. The second-order valence-electron chi connectivity index (χ2n) is 5.97. The van der Waals surface area contributed by atoms with Gasteiger partial charge >= 0.3 is 0 Å². The predicted octanol–water partition coefficient (Wildman–Crippen LogP) is 2.83. The van der Waals surface area contributed by atoms with Gasteiger partial charge in [0, 0.05) is 31.6 Å². The molecule has 7 nitrogen and oxygen atoms in total. The Hall–Kier alpha value is -1.75. The summed E-state index contributed by atoms with van der Waals surface area (Å²) in [5.74, 6) is 2.15. The van der Waals surface area contributed by atoms with E-state index < -0.39 is 0 Å². The number of guanidine groups is 1. The van der Waals surface area contributed by atoms with Gasteiger partial charge in [0.2, 0.25) is 0 Å². The molecule has 0 amide bonds. The molecule has 3 heterocycles. The van der Waals surface area contributed by atoms with Crippen LogP contribution in [0, 0.1) is 0 Å². The van der Waals surface area contributed by atoms with Crippen molar-refractivity contribution in [1.29, 1.82) is 0 Å². The smallest absolute Gasteiger partial charge is 0.191 e. The summed E-state index contributed by atoms with van der Waals surface area (Å²) >= 11 is 1.68. The molecule has 3 aromatic rings. The third-order valence-corrected chi connectivity index (χ3v) is 4.68. The molecular weight excluding hydrogens is 461 g/mol. The molecule has 0 aliphatic heterocycles. The third kappa shape index (κ3) is 5.13. The third-order valence-electron chi connectivity index (χ3n) is 3.82. The van der Waals surface area contributed by atoms with E-state index in [9.17, 15) is 0 Å². The van der Waals surface area contributed by atoms with E-state index >= 15 is 0 Å². The van der Waals surface area contributed by atoms with Crippen molar-refractivity contribution in [2.24, 2.45) is 4.99 Å². The van der Waals surface area contributed by atoms with Gasteiger partial charge in [-0.3, -0.25) is 9.39 Å². The number of fused-ring (bicyclic) bond motifs is 1. The van der Waals surface area contributed by atoms with Gasteiger partial charge in [-0.25, -0.2) is 4.98 Å². The molecule has 3 aromatic heterocycles. The van der Waals surface area contributed by atoms with Gasteiger partial charge in [-0.05, 0) is 18.1 Å². The lowest BCUT2D eigenvalue weighted by Crippen LogP contribution is -2.38. The lowest BCUT2D eigenvalue weighted by molar-refractivity contribution is 0.755. The SMILES string of the molecule is CN=C(NCCc1nnc2ccccn12)NCc1nc(C(C)C)cs1.I. The lowest BCUT2D eigenvalue weighted by atomic mass is 10.2. The van der Waals surface area contributed by atoms with Crippen LogP contribution in [0.5, 0.6) is 0 Å². The average molecular weight is 485 g/mol. The molecule has 2 N–H and O–H groups in total. The van der Waals surface area contributed by atoms with Gasteiger partial charge in [-0.2, -0.15) is 0 Å². The number of rotatable bonds is 6. The van der Waals surface area contributed by atoms with Crippen LogP contribution in [0.25, 0.3) is 5.65 Å². The highest BCUT2D eigenvalue weighted by molar-refractivity contribution is 14.0. The summed E-state index contributed by atoms with van der Waals surface area (Å²) < 4.78 is 2.00. The molecule has 0 saturated carbocycles. The van der Waals surface area contributed by atoms with E-state index in [1.807, 2.05) is 28.8 Å². The van der Waals surface area contributed by atoms with Gasteiger partial charge in [-0.1, -0.05) is 19.9 Å². The Morgan fingerprint density at radius 1 is 1.27 bits per heavy atom. The average Bonchev–Trinajstić information content (AvgIpc) is 3.25. The van der Waals surface area contributed by atoms with Gasteiger partial charge in [0.1, 0.15) is 10.8 Å². The Kier molecular flexibility index (Phi) is 7.76. The van der Waals surface area contributed by atoms with Crippen LogP contribution in [0.15, 0.2) is 34.8 Å². The van der Waals surface area contributed by atoms with E-state index in [4.69, 9.17) is 0 Å². The van der Waals surface area contributed by atoms with E-state index in [1.165, 1.54) is 0 Å². The molecule has 0 spiro atoms. The highest BCUT2D eigenvalue weighted by Crippen LogP contribution is 2.17. The fourth-order valence-electron chi connectivity index (χ4n) is 2.41. The maximum absolute atomic E-state index is 4.62. The lowest BCUT2D eigenvalue weighted by Gasteiger charge is -2.10. The largest absolute Gasteiger partial charge is 0.356 e. The molecule has 0 aliphatic carbocycles. The van der Waals surface area contributed by atoms with Gasteiger partial charge in [0.05, 0.1) is 12.2 Å². The Labute approximate surface area is 174 Å². The minimum atomic E-state index is 0. The number of aromatic nitrogens is 4. The van der Waals surface area contributed by atoms with Gasteiger partial charge in [0.25, 0.3) is 0 Å². The van der Waals surface area contributed by atoms with E-state index in [1.54, 1.807) is 18.4 Å². The topological polar surface area (TPSA) is 79.5 Å². The maximum atomic E-state index is 4.62. The van der Waals surface area contributed by atoms with Crippen LogP contribution in [-0.2, 0) is 13.0 Å². The van der Waals surface area contributed by atoms with Gasteiger partial charge in [0.15, 0.2) is 11.6 Å². The maximum Gasteiger partial charge on any atom is 0.191 e. The van der Waals surface area contributed by atoms with Gasteiger partial charge < -0.3 is 10.6 Å². The normalized spacial score (nSPS) is 11.6. The predicted molar refractivity (Wildman–Crippen MR) is 117 cm³/mol. The van der Waals surface area contributed by atoms with Crippen molar-refractivity contribution in [3.63, 3.8) is 0 Å². The fourth-order valence-corrected chi connectivity index (χ4v) is 3.30. The Morgan fingerprint density at radius 2 is 2.12 bits per heavy atom. The number of halogens is 1. The van der Waals surface area contributed by atoms with Crippen LogP contribution >= 0.6 is 35.3 Å². The van der Waals surface area contributed by atoms with Crippen molar-refractivity contribution in [3.05, 3.63) is 46.3 Å². The van der Waals surface area contributed by atoms with Crippen LogP contribution in [0.2, 0.25) is 0 Å². The molecule has 0 fully saturated rings. The van der Waals surface area contributed by atoms with Crippen LogP contribution in [-0.4, -0.2) is 39.1 Å². The molecule has 0 aliphatic rings. The Balaban J connectivity index is 0.00000243.